The van der Waals surface area contributed by atoms with E-state index in [1.807, 2.05) is 42.5 Å². The number of carboxylic acid groups (broad SMARTS) is 2. The molecule has 0 saturated carbocycles. The number of hydrogen-bond acceptors (Lipinski definition) is 4. The van der Waals surface area contributed by atoms with Crippen LogP contribution in [0.3, 0.4) is 0 Å². The highest BCUT2D eigenvalue weighted by molar-refractivity contribution is 5.95. The molecule has 5 aromatic rings. The molecule has 0 fully saturated rings. The van der Waals surface area contributed by atoms with Gasteiger partial charge in [-0.2, -0.15) is 0 Å². The second kappa shape index (κ2) is 8.60. The number of fused-ring (bicyclic) bond motifs is 2. The molecule has 0 aliphatic carbocycles. The summed E-state index contributed by atoms with van der Waals surface area (Å²) in [5, 5.41) is 21.7. The average Bonchev–Trinajstić information content (AvgIpc) is 2.83. The minimum Gasteiger partial charge on any atom is -0.478 e. The minimum atomic E-state index is -0.963. The summed E-state index contributed by atoms with van der Waals surface area (Å²) >= 11 is 0. The molecule has 2 N–H and O–H groups in total. The van der Waals surface area contributed by atoms with E-state index in [0.717, 1.165) is 21.5 Å². The first-order valence-electron chi connectivity index (χ1n) is 10.4. The summed E-state index contributed by atoms with van der Waals surface area (Å²) in [6.07, 6.45) is 0. The zero-order valence-corrected chi connectivity index (χ0v) is 17.8. The van der Waals surface area contributed by atoms with Crippen LogP contribution in [0.15, 0.2) is 97.1 Å². The molecule has 0 aliphatic heterocycles. The SMILES string of the molecule is O=C(O)c1ccc2cc(Oc3cccc(Oc4ccc5cc(C(=O)O)ccc5c4)c3)ccc2c1. The second-order valence-electron chi connectivity index (χ2n) is 7.74. The smallest absolute Gasteiger partial charge is 0.335 e. The molecule has 5 aromatic carbocycles. The van der Waals surface area contributed by atoms with Crippen molar-refractivity contribution in [2.45, 2.75) is 0 Å². The van der Waals surface area contributed by atoms with Gasteiger partial charge in [-0.1, -0.05) is 30.3 Å². The quantitative estimate of drug-likeness (QED) is 0.290. The van der Waals surface area contributed by atoms with Gasteiger partial charge >= 0.3 is 11.9 Å². The monoisotopic (exact) mass is 450 g/mol. The Bertz CT molecular complexity index is 1460. The van der Waals surface area contributed by atoms with Crippen LogP contribution < -0.4 is 9.47 Å². The predicted molar refractivity (Wildman–Crippen MR) is 128 cm³/mol. The minimum absolute atomic E-state index is 0.238. The molecule has 0 radical (unpaired) electrons. The first-order valence-corrected chi connectivity index (χ1v) is 10.4. The number of carbonyl (C=O) groups is 2. The van der Waals surface area contributed by atoms with Gasteiger partial charge in [-0.3, -0.25) is 0 Å². The first kappa shape index (κ1) is 21.0. The molecule has 0 atom stereocenters. The molecule has 34 heavy (non-hydrogen) atoms. The van der Waals surface area contributed by atoms with Gasteiger partial charge in [0.2, 0.25) is 0 Å². The van der Waals surface area contributed by atoms with Crippen molar-refractivity contribution in [1.82, 2.24) is 0 Å². The van der Waals surface area contributed by atoms with Gasteiger partial charge < -0.3 is 19.7 Å². The maximum Gasteiger partial charge on any atom is 0.335 e. The van der Waals surface area contributed by atoms with Crippen LogP contribution in [0.5, 0.6) is 23.0 Å². The largest absolute Gasteiger partial charge is 0.478 e. The van der Waals surface area contributed by atoms with E-state index in [0.29, 0.717) is 23.0 Å². The zero-order valence-electron chi connectivity index (χ0n) is 17.8. The number of hydrogen-bond donors (Lipinski definition) is 2. The molecule has 0 heterocycles. The molecule has 166 valence electrons. The molecule has 0 saturated heterocycles. The van der Waals surface area contributed by atoms with Crippen LogP contribution >= 0.6 is 0 Å². The summed E-state index contributed by atoms with van der Waals surface area (Å²) in [5.41, 5.74) is 0.476. The number of ether oxygens (including phenoxy) is 2. The van der Waals surface area contributed by atoms with E-state index in [2.05, 4.69) is 0 Å². The molecule has 0 amide bonds. The Morgan fingerprint density at radius 2 is 0.853 bits per heavy atom. The third-order valence-corrected chi connectivity index (χ3v) is 5.39. The lowest BCUT2D eigenvalue weighted by molar-refractivity contribution is 0.0686. The Hall–Kier alpha value is -4.84. The van der Waals surface area contributed by atoms with Crippen molar-refractivity contribution in [2.24, 2.45) is 0 Å². The van der Waals surface area contributed by atoms with Crippen molar-refractivity contribution in [3.63, 3.8) is 0 Å². The first-order chi connectivity index (χ1) is 16.4. The molecule has 0 aliphatic rings. The lowest BCUT2D eigenvalue weighted by Gasteiger charge is -2.11. The normalized spacial score (nSPS) is 10.8. The van der Waals surface area contributed by atoms with Crippen molar-refractivity contribution in [3.8, 4) is 23.0 Å². The van der Waals surface area contributed by atoms with Gasteiger partial charge in [-0.15, -0.1) is 0 Å². The highest BCUT2D eigenvalue weighted by atomic mass is 16.5. The molecule has 0 spiro atoms. The summed E-state index contributed by atoms with van der Waals surface area (Å²) in [7, 11) is 0. The summed E-state index contributed by atoms with van der Waals surface area (Å²) in [6, 6.07) is 28.0. The Morgan fingerprint density at radius 1 is 0.471 bits per heavy atom. The van der Waals surface area contributed by atoms with Gasteiger partial charge in [0, 0.05) is 6.07 Å². The van der Waals surface area contributed by atoms with Gasteiger partial charge in [0.05, 0.1) is 11.1 Å². The van der Waals surface area contributed by atoms with Crippen LogP contribution in [-0.2, 0) is 0 Å². The van der Waals surface area contributed by atoms with Gasteiger partial charge in [-0.05, 0) is 82.2 Å². The molecule has 0 unspecified atom stereocenters. The van der Waals surface area contributed by atoms with E-state index < -0.39 is 11.9 Å². The summed E-state index contributed by atoms with van der Waals surface area (Å²) in [6.45, 7) is 0. The molecular formula is C28H18O6. The highest BCUT2D eigenvalue weighted by Gasteiger charge is 2.08. The lowest BCUT2D eigenvalue weighted by Crippen LogP contribution is -1.95. The Labute approximate surface area is 194 Å². The van der Waals surface area contributed by atoms with E-state index in [9.17, 15) is 9.59 Å². The topological polar surface area (TPSA) is 93.1 Å². The van der Waals surface area contributed by atoms with Crippen molar-refractivity contribution in [2.75, 3.05) is 0 Å². The summed E-state index contributed by atoms with van der Waals surface area (Å²) in [4.78, 5) is 22.3. The molecular weight excluding hydrogens is 432 g/mol. The highest BCUT2D eigenvalue weighted by Crippen LogP contribution is 2.31. The van der Waals surface area contributed by atoms with Crippen LogP contribution in [0.1, 0.15) is 20.7 Å². The average molecular weight is 450 g/mol. The fraction of sp³-hybridized carbons (Fsp3) is 0. The van der Waals surface area contributed by atoms with E-state index in [4.69, 9.17) is 19.7 Å². The maximum atomic E-state index is 11.2. The Morgan fingerprint density at radius 3 is 1.29 bits per heavy atom. The fourth-order valence-electron chi connectivity index (χ4n) is 3.71. The number of benzene rings is 5. The fourth-order valence-corrected chi connectivity index (χ4v) is 3.71. The zero-order chi connectivity index (χ0) is 23.7. The maximum absolute atomic E-state index is 11.2. The van der Waals surface area contributed by atoms with Crippen molar-refractivity contribution in [3.05, 3.63) is 108 Å². The summed E-state index contributed by atoms with van der Waals surface area (Å²) < 4.78 is 12.0. The van der Waals surface area contributed by atoms with Crippen LogP contribution in [-0.4, -0.2) is 22.2 Å². The molecule has 5 rings (SSSR count). The van der Waals surface area contributed by atoms with E-state index in [-0.39, 0.29) is 11.1 Å². The van der Waals surface area contributed by atoms with E-state index >= 15 is 0 Å². The molecule has 6 heteroatoms. The molecule has 0 aromatic heterocycles. The van der Waals surface area contributed by atoms with Crippen molar-refractivity contribution >= 4 is 33.5 Å². The standard InChI is InChI=1S/C28H18O6/c29-27(30)21-6-4-19-14-25(10-8-17(19)12-21)33-23-2-1-3-24(16-23)34-26-11-9-18-13-22(28(31)32)7-5-20(18)15-26/h1-16H,(H,29,30)(H,31,32). The van der Waals surface area contributed by atoms with Gasteiger partial charge in [0.1, 0.15) is 23.0 Å². The predicted octanol–water partition coefficient (Wildman–Crippen LogP) is 6.97. The van der Waals surface area contributed by atoms with Crippen LogP contribution in [0.4, 0.5) is 0 Å². The van der Waals surface area contributed by atoms with Crippen LogP contribution in [0.2, 0.25) is 0 Å². The Kier molecular flexibility index (Phi) is 5.32. The van der Waals surface area contributed by atoms with Crippen molar-refractivity contribution < 1.29 is 29.3 Å². The van der Waals surface area contributed by atoms with Gasteiger partial charge in [0.15, 0.2) is 0 Å². The lowest BCUT2D eigenvalue weighted by atomic mass is 10.1. The van der Waals surface area contributed by atoms with Gasteiger partial charge in [-0.25, -0.2) is 9.59 Å². The number of rotatable bonds is 6. The summed E-state index contributed by atoms with van der Waals surface area (Å²) in [5.74, 6) is 0.489. The van der Waals surface area contributed by atoms with E-state index in [1.165, 1.54) is 0 Å². The van der Waals surface area contributed by atoms with E-state index in [1.54, 1.807) is 54.6 Å². The number of carboxylic acids is 2. The third kappa shape index (κ3) is 4.38. The van der Waals surface area contributed by atoms with Crippen molar-refractivity contribution in [1.29, 1.82) is 0 Å². The number of aromatic carboxylic acids is 2. The second-order valence-corrected chi connectivity index (χ2v) is 7.74. The van der Waals surface area contributed by atoms with Gasteiger partial charge in [0.25, 0.3) is 0 Å². The molecule has 6 nitrogen and oxygen atoms in total. The van der Waals surface area contributed by atoms with Crippen LogP contribution in [0.25, 0.3) is 21.5 Å². The third-order valence-electron chi connectivity index (χ3n) is 5.39. The molecule has 0 bridgehead atoms. The van der Waals surface area contributed by atoms with Crippen LogP contribution in [0, 0.1) is 0 Å². The Balaban J connectivity index is 1.35.